The molecule has 0 aliphatic carbocycles. The van der Waals surface area contributed by atoms with Gasteiger partial charge in [0, 0.05) is 29.1 Å². The summed E-state index contributed by atoms with van der Waals surface area (Å²) in [5, 5.41) is 3.39. The number of anilines is 1. The van der Waals surface area contributed by atoms with Crippen LogP contribution in [-0.2, 0) is 5.75 Å². The van der Waals surface area contributed by atoms with Gasteiger partial charge in [-0.05, 0) is 37.6 Å². The molecule has 1 aromatic carbocycles. The Bertz CT molecular complexity index is 526. The molecule has 1 N–H and O–H groups in total. The zero-order chi connectivity index (χ0) is 13.5. The molecule has 0 unspecified atom stereocenters. The number of rotatable bonds is 6. The topological polar surface area (TPSA) is 24.9 Å². The molecule has 19 heavy (non-hydrogen) atoms. The van der Waals surface area contributed by atoms with Gasteiger partial charge in [0.1, 0.15) is 0 Å². The van der Waals surface area contributed by atoms with E-state index in [0.717, 1.165) is 30.1 Å². The van der Waals surface area contributed by atoms with Crippen LogP contribution in [0.15, 0.2) is 47.5 Å². The van der Waals surface area contributed by atoms with Crippen molar-refractivity contribution in [1.82, 2.24) is 4.98 Å². The number of nitrogens with zero attached hydrogens (tertiary/aromatic N) is 1. The molecule has 100 valence electrons. The smallest absolute Gasteiger partial charge is 0.0526 e. The summed E-state index contributed by atoms with van der Waals surface area (Å²) >= 11 is 1.83. The molecule has 0 amide bonds. The van der Waals surface area contributed by atoms with Crippen LogP contribution in [0.5, 0.6) is 0 Å². The van der Waals surface area contributed by atoms with Gasteiger partial charge < -0.3 is 5.32 Å². The van der Waals surface area contributed by atoms with Crippen molar-refractivity contribution in [2.24, 2.45) is 0 Å². The molecule has 0 spiro atoms. The summed E-state index contributed by atoms with van der Waals surface area (Å²) in [5.41, 5.74) is 3.58. The molecule has 2 rings (SSSR count). The fourth-order valence-electron chi connectivity index (χ4n) is 1.80. The highest BCUT2D eigenvalue weighted by atomic mass is 32.2. The lowest BCUT2D eigenvalue weighted by Gasteiger charge is -2.07. The number of nitrogens with one attached hydrogen (secondary N) is 1. The maximum absolute atomic E-state index is 4.42. The summed E-state index contributed by atoms with van der Waals surface area (Å²) in [6.07, 6.45) is 3.01. The van der Waals surface area contributed by atoms with Crippen LogP contribution in [0.1, 0.15) is 24.6 Å². The lowest BCUT2D eigenvalue weighted by Crippen LogP contribution is -2.00. The maximum atomic E-state index is 4.42. The molecule has 1 aromatic heterocycles. The Balaban J connectivity index is 1.95. The molecule has 0 saturated carbocycles. The predicted octanol–water partition coefficient (Wildman–Crippen LogP) is 4.50. The van der Waals surface area contributed by atoms with Crippen molar-refractivity contribution in [1.29, 1.82) is 0 Å². The van der Waals surface area contributed by atoms with E-state index in [2.05, 4.69) is 54.5 Å². The predicted molar refractivity (Wildman–Crippen MR) is 83.8 cm³/mol. The normalized spacial score (nSPS) is 10.4. The van der Waals surface area contributed by atoms with Crippen LogP contribution >= 0.6 is 11.8 Å². The number of aromatic nitrogens is 1. The fraction of sp³-hybridized carbons (Fsp3) is 0.312. The molecule has 0 aliphatic rings. The standard InChI is InChI=1S/C16H20N2S/c1-3-8-17-14-7-9-18-15(11-14)12-19-16-6-4-5-13(2)10-16/h4-7,9-11H,3,8,12H2,1-2H3,(H,17,18). The van der Waals surface area contributed by atoms with Crippen LogP contribution in [0.25, 0.3) is 0 Å². The number of pyridine rings is 1. The van der Waals surface area contributed by atoms with Crippen LogP contribution in [0.3, 0.4) is 0 Å². The van der Waals surface area contributed by atoms with E-state index in [1.165, 1.54) is 10.5 Å². The van der Waals surface area contributed by atoms with E-state index in [1.807, 2.05) is 24.0 Å². The Morgan fingerprint density at radius 1 is 1.21 bits per heavy atom. The maximum Gasteiger partial charge on any atom is 0.0526 e. The van der Waals surface area contributed by atoms with Crippen molar-refractivity contribution in [3.8, 4) is 0 Å². The fourth-order valence-corrected chi connectivity index (χ4v) is 2.72. The number of aryl methyl sites for hydroxylation is 1. The summed E-state index contributed by atoms with van der Waals surface area (Å²) in [4.78, 5) is 5.72. The molecule has 0 saturated heterocycles. The summed E-state index contributed by atoms with van der Waals surface area (Å²) in [6, 6.07) is 12.7. The highest BCUT2D eigenvalue weighted by Crippen LogP contribution is 2.23. The van der Waals surface area contributed by atoms with Crippen LogP contribution in [0.4, 0.5) is 5.69 Å². The van der Waals surface area contributed by atoms with E-state index in [0.29, 0.717) is 0 Å². The first-order valence-electron chi connectivity index (χ1n) is 6.66. The zero-order valence-corrected chi connectivity index (χ0v) is 12.3. The van der Waals surface area contributed by atoms with Crippen molar-refractivity contribution >= 4 is 17.4 Å². The van der Waals surface area contributed by atoms with E-state index < -0.39 is 0 Å². The minimum atomic E-state index is 0.908. The van der Waals surface area contributed by atoms with Crippen LogP contribution in [0.2, 0.25) is 0 Å². The number of hydrogen-bond acceptors (Lipinski definition) is 3. The first kappa shape index (κ1) is 13.9. The van der Waals surface area contributed by atoms with Gasteiger partial charge in [-0.3, -0.25) is 4.98 Å². The third-order valence-corrected chi connectivity index (χ3v) is 3.80. The summed E-state index contributed by atoms with van der Waals surface area (Å²) < 4.78 is 0. The van der Waals surface area contributed by atoms with E-state index in [-0.39, 0.29) is 0 Å². The van der Waals surface area contributed by atoms with Gasteiger partial charge in [-0.2, -0.15) is 0 Å². The summed E-state index contributed by atoms with van der Waals surface area (Å²) in [5.74, 6) is 0.908. The summed E-state index contributed by atoms with van der Waals surface area (Å²) in [7, 11) is 0. The molecule has 0 fully saturated rings. The average Bonchev–Trinajstić information content (AvgIpc) is 2.43. The number of hydrogen-bond donors (Lipinski definition) is 1. The quantitative estimate of drug-likeness (QED) is 0.783. The first-order chi connectivity index (χ1) is 9.28. The lowest BCUT2D eigenvalue weighted by molar-refractivity contribution is 0.977. The van der Waals surface area contributed by atoms with Crippen molar-refractivity contribution in [3.63, 3.8) is 0 Å². The molecule has 1 heterocycles. The molecule has 0 bridgehead atoms. The largest absolute Gasteiger partial charge is 0.385 e. The molecule has 0 atom stereocenters. The van der Waals surface area contributed by atoms with Crippen LogP contribution < -0.4 is 5.32 Å². The van der Waals surface area contributed by atoms with Crippen molar-refractivity contribution in [3.05, 3.63) is 53.9 Å². The third-order valence-electron chi connectivity index (χ3n) is 2.77. The van der Waals surface area contributed by atoms with Gasteiger partial charge in [-0.25, -0.2) is 0 Å². The van der Waals surface area contributed by atoms with E-state index in [4.69, 9.17) is 0 Å². The number of benzene rings is 1. The Hall–Kier alpha value is -1.48. The third kappa shape index (κ3) is 4.60. The molecule has 3 heteroatoms. The Morgan fingerprint density at radius 3 is 2.89 bits per heavy atom. The van der Waals surface area contributed by atoms with Crippen molar-refractivity contribution in [2.45, 2.75) is 30.9 Å². The van der Waals surface area contributed by atoms with Gasteiger partial charge in [0.15, 0.2) is 0 Å². The second-order valence-electron chi connectivity index (χ2n) is 4.57. The van der Waals surface area contributed by atoms with Crippen molar-refractivity contribution in [2.75, 3.05) is 11.9 Å². The van der Waals surface area contributed by atoms with Gasteiger partial charge in [-0.1, -0.05) is 24.6 Å². The monoisotopic (exact) mass is 272 g/mol. The molecule has 0 aliphatic heterocycles. The van der Waals surface area contributed by atoms with Gasteiger partial charge in [0.2, 0.25) is 0 Å². The van der Waals surface area contributed by atoms with Crippen LogP contribution in [-0.4, -0.2) is 11.5 Å². The van der Waals surface area contributed by atoms with E-state index in [9.17, 15) is 0 Å². The minimum Gasteiger partial charge on any atom is -0.385 e. The molecule has 2 nitrogen and oxygen atoms in total. The zero-order valence-electron chi connectivity index (χ0n) is 11.5. The minimum absolute atomic E-state index is 0.908. The van der Waals surface area contributed by atoms with Crippen molar-refractivity contribution < 1.29 is 0 Å². The highest BCUT2D eigenvalue weighted by molar-refractivity contribution is 7.98. The van der Waals surface area contributed by atoms with Gasteiger partial charge in [-0.15, -0.1) is 11.8 Å². The highest BCUT2D eigenvalue weighted by Gasteiger charge is 1.99. The number of thioether (sulfide) groups is 1. The Kier molecular flexibility index (Phi) is 5.28. The summed E-state index contributed by atoms with van der Waals surface area (Å²) in [6.45, 7) is 5.30. The van der Waals surface area contributed by atoms with E-state index in [1.54, 1.807) is 0 Å². The average molecular weight is 272 g/mol. The Morgan fingerprint density at radius 2 is 2.11 bits per heavy atom. The van der Waals surface area contributed by atoms with E-state index >= 15 is 0 Å². The van der Waals surface area contributed by atoms with Gasteiger partial charge in [0.05, 0.1) is 5.69 Å². The molecule has 0 radical (unpaired) electrons. The SMILES string of the molecule is CCCNc1ccnc(CSc2cccc(C)c2)c1. The van der Waals surface area contributed by atoms with Gasteiger partial charge >= 0.3 is 0 Å². The lowest BCUT2D eigenvalue weighted by atomic mass is 10.2. The second kappa shape index (κ2) is 7.19. The molecular formula is C16H20N2S. The molecular weight excluding hydrogens is 252 g/mol. The second-order valence-corrected chi connectivity index (χ2v) is 5.62. The first-order valence-corrected chi connectivity index (χ1v) is 7.65. The Labute approximate surface area is 119 Å². The van der Waals surface area contributed by atoms with Crippen LogP contribution in [0, 0.1) is 6.92 Å². The van der Waals surface area contributed by atoms with Gasteiger partial charge in [0.25, 0.3) is 0 Å². The molecule has 2 aromatic rings.